The van der Waals surface area contributed by atoms with Gasteiger partial charge in [0.15, 0.2) is 31.0 Å². The van der Waals surface area contributed by atoms with Gasteiger partial charge in [-0.3, -0.25) is 0 Å². The van der Waals surface area contributed by atoms with Crippen molar-refractivity contribution in [1.82, 2.24) is 9.55 Å². The number of fused-ring (bicyclic) bond motifs is 3. The summed E-state index contributed by atoms with van der Waals surface area (Å²) < 4.78 is 80.5. The fourth-order valence-corrected chi connectivity index (χ4v) is 17.3. The lowest BCUT2D eigenvalue weighted by atomic mass is 9.91. The summed E-state index contributed by atoms with van der Waals surface area (Å²) in [5, 5.41) is 5.30. The van der Waals surface area contributed by atoms with Gasteiger partial charge in [0.25, 0.3) is 0 Å². The van der Waals surface area contributed by atoms with Crippen molar-refractivity contribution in [2.45, 2.75) is 82.9 Å². The number of aromatic nitrogens is 5. The summed E-state index contributed by atoms with van der Waals surface area (Å²) in [5.41, 5.74) is 36.2. The average molecular weight is 1700 g/mol. The van der Waals surface area contributed by atoms with E-state index in [1.165, 1.54) is 83.2 Å². The first-order valence-electron chi connectivity index (χ1n) is 48.5. The van der Waals surface area contributed by atoms with Crippen molar-refractivity contribution >= 4 is 32.4 Å². The van der Waals surface area contributed by atoms with Gasteiger partial charge in [-0.05, 0) is 344 Å². The summed E-state index contributed by atoms with van der Waals surface area (Å²) >= 11 is 0. The van der Waals surface area contributed by atoms with E-state index in [1.807, 2.05) is 162 Å². The van der Waals surface area contributed by atoms with Crippen molar-refractivity contribution in [2.75, 3.05) is 0 Å². The molecule has 0 fully saturated rings. The summed E-state index contributed by atoms with van der Waals surface area (Å²) in [5.74, 6) is 25.3. The Morgan fingerprint density at radius 1 is 0.260 bits per heavy atom. The number of hydrogen-bond acceptors (Lipinski definition) is 1. The molecule has 0 saturated heterocycles. The largest absolute Gasteiger partial charge is 0.338 e. The third kappa shape index (κ3) is 21.3. The fourth-order valence-electron chi connectivity index (χ4n) is 17.3. The first kappa shape index (κ1) is 77.3. The summed E-state index contributed by atoms with van der Waals surface area (Å²) in [7, 11) is 8.10. The highest BCUT2D eigenvalue weighted by atomic mass is 15.0. The minimum atomic E-state index is -2.30. The van der Waals surface area contributed by atoms with Crippen LogP contribution in [0.4, 0.5) is 0 Å². The van der Waals surface area contributed by atoms with Crippen LogP contribution in [-0.2, 0) is 28.2 Å². The number of nitrogens with zero attached hydrogens (tertiary/aromatic N) is 5. The monoisotopic (exact) mass is 1700 g/mol. The van der Waals surface area contributed by atoms with Crippen LogP contribution in [0.1, 0.15) is 107 Å². The van der Waals surface area contributed by atoms with Crippen LogP contribution in [0.5, 0.6) is 0 Å². The van der Waals surface area contributed by atoms with Crippen molar-refractivity contribution in [1.29, 1.82) is 0 Å². The van der Waals surface area contributed by atoms with Gasteiger partial charge in [-0.2, -0.15) is 0 Å². The molecule has 0 atom stereocenters. The highest BCUT2D eigenvalue weighted by Gasteiger charge is 2.19. The van der Waals surface area contributed by atoms with Crippen LogP contribution in [0.2, 0.25) is 0 Å². The van der Waals surface area contributed by atoms with Crippen molar-refractivity contribution in [3.8, 4) is 181 Å². The first-order valence-corrected chi connectivity index (χ1v) is 44.0. The molecule has 0 N–H and O–H groups in total. The molecule has 0 bridgehead atoms. The maximum atomic E-state index is 8.22. The standard InChI is InChI=1S/C34H30N.C33H28N.C32H26N.C27H24N2/c1-6-9-26-12-23(2)13-28(18-26)29-14-24(3)15-30(19-29)31-16-25(4)17-32(20-31)34-22-35(5)21-27-10-7-8-11-33(27)34;1-5-8-25-9-6-10-26(18-25)30-15-24(3)16-31(20-30)27-11-7-12-28(19-27)33-22-34(4)21-29-14-13-23(2)17-32(29)33;1-4-8-24-9-5-10-25(18-24)26-11-6-12-27(19-26)28-13-7-14-29(20-28)31-21-30-17-23(2)15-16-32(30)33(3)22-31;1-5-8-21-9-6-10-22(15-21)23-11-7-12-24(16-23)25-13-19(2)14-26(17-25)27-18-29(4)20(3)28-27/h7-8,10-22H,1-5H3;6-7,9-22H,1-4H3;5-7,9-22H,1-3H3;6-7,9-18H,1-4H3/q3*+1;/i2D3,4D3;2D3;;. The van der Waals surface area contributed by atoms with Gasteiger partial charge in [0, 0.05) is 92.0 Å². The molecule has 0 saturated carbocycles. The predicted molar refractivity (Wildman–Crippen MR) is 552 cm³/mol. The summed E-state index contributed by atoms with van der Waals surface area (Å²) in [4.78, 5) is 4.70. The highest BCUT2D eigenvalue weighted by molar-refractivity contribution is 5.98. The van der Waals surface area contributed by atoms with Gasteiger partial charge in [-0.25, -0.2) is 18.7 Å². The van der Waals surface area contributed by atoms with Gasteiger partial charge in [-0.15, -0.1) is 23.7 Å². The summed E-state index contributed by atoms with van der Waals surface area (Å²) in [6.07, 6.45) is 12.5. The minimum Gasteiger partial charge on any atom is -0.338 e. The SMILES string of the molecule is CC#Cc1cccc(-c2cccc(-c3cc(C)cc(-c4cn(C)c(C)n4)c3)c2)c1.CC#Cc1cccc(-c2cccc(-c3cccc(-c4cc5cc(C)ccc5[n+](C)c4)c3)c2)c1.[2H]C([2H])([2H])c1cc(C#CC)cc(-c2cc(C)cc(-c3cc(-c4c[n+](C)cc5ccccc45)cc(C([2H])([2H])[2H])c3)c2)c1.[2H]C([2H])([2H])c1ccc2c[n+](C)cc(-c3cccc(-c4cc(C)cc(-c5cccc(C#CC)c5)c4)c3)c2c1. The zero-order valence-electron chi connectivity index (χ0n) is 85.4. The molecule has 5 heteroatoms. The quantitative estimate of drug-likeness (QED) is 0.0885. The van der Waals surface area contributed by atoms with E-state index in [0.717, 1.165) is 128 Å². The lowest BCUT2D eigenvalue weighted by molar-refractivity contribution is -0.669. The van der Waals surface area contributed by atoms with E-state index in [4.69, 9.17) is 17.3 Å². The van der Waals surface area contributed by atoms with E-state index in [-0.39, 0.29) is 11.1 Å². The van der Waals surface area contributed by atoms with Gasteiger partial charge in [0.2, 0.25) is 5.52 Å². The fraction of sp³-hybridized carbons (Fsp3) is 0.127. The molecule has 19 aromatic rings. The van der Waals surface area contributed by atoms with Crippen molar-refractivity contribution in [3.63, 3.8) is 0 Å². The molecule has 15 aromatic carbocycles. The number of aryl methyl sites for hydroxylation is 12. The smallest absolute Gasteiger partial charge is 0.212 e. The molecule has 131 heavy (non-hydrogen) atoms. The van der Waals surface area contributed by atoms with E-state index in [0.29, 0.717) is 11.1 Å². The van der Waals surface area contributed by atoms with E-state index < -0.39 is 20.6 Å². The highest BCUT2D eigenvalue weighted by Crippen LogP contribution is 2.40. The first-order chi connectivity index (χ1) is 67.1. The normalized spacial score (nSPS) is 12.0. The Labute approximate surface area is 787 Å². The molecule has 4 aromatic heterocycles. The molecule has 4 heterocycles. The van der Waals surface area contributed by atoms with Crippen LogP contribution in [0, 0.1) is 103 Å². The Morgan fingerprint density at radius 3 is 1.11 bits per heavy atom. The maximum absolute atomic E-state index is 8.22. The number of pyridine rings is 3. The average Bonchev–Trinajstić information content (AvgIpc) is 0.787. The molecular formula is C126H108N5+3. The van der Waals surface area contributed by atoms with Crippen LogP contribution in [0.3, 0.4) is 0 Å². The second kappa shape index (κ2) is 39.9. The van der Waals surface area contributed by atoms with Gasteiger partial charge in [-0.1, -0.05) is 229 Å². The molecule has 19 rings (SSSR count). The molecule has 0 spiro atoms. The van der Waals surface area contributed by atoms with Crippen molar-refractivity contribution in [3.05, 3.63) is 432 Å². The van der Waals surface area contributed by atoms with Gasteiger partial charge < -0.3 is 4.57 Å². The molecule has 0 amide bonds. The molecule has 634 valence electrons. The number of rotatable bonds is 12. The molecule has 0 aliphatic heterocycles. The summed E-state index contributed by atoms with van der Waals surface area (Å²) in [6.45, 7) is 11.0. The van der Waals surface area contributed by atoms with E-state index in [1.54, 1.807) is 43.3 Å². The molecule has 0 radical (unpaired) electrons. The minimum absolute atomic E-state index is 0.228. The molecule has 5 nitrogen and oxygen atoms in total. The van der Waals surface area contributed by atoms with Crippen LogP contribution in [0.15, 0.2) is 365 Å². The van der Waals surface area contributed by atoms with Crippen molar-refractivity contribution in [2.24, 2.45) is 28.2 Å². The lowest BCUT2D eigenvalue weighted by Gasteiger charge is -2.13. The Hall–Kier alpha value is -16.0. The maximum Gasteiger partial charge on any atom is 0.212 e. The third-order valence-electron chi connectivity index (χ3n) is 23.4. The zero-order valence-corrected chi connectivity index (χ0v) is 76.4. The number of imidazole rings is 1. The molecule has 0 aliphatic carbocycles. The van der Waals surface area contributed by atoms with Gasteiger partial charge in [0.05, 0.1) is 16.8 Å². The Kier molecular flexibility index (Phi) is 23.5. The third-order valence-corrected chi connectivity index (χ3v) is 23.4. The van der Waals surface area contributed by atoms with Gasteiger partial charge >= 0.3 is 0 Å². The summed E-state index contributed by atoms with van der Waals surface area (Å²) in [6, 6.07) is 112. The Balaban J connectivity index is 0.000000136. The second-order valence-corrected chi connectivity index (χ2v) is 33.7. The Bertz CT molecular complexity index is 8260. The second-order valence-electron chi connectivity index (χ2n) is 33.7. The van der Waals surface area contributed by atoms with E-state index in [9.17, 15) is 0 Å². The van der Waals surface area contributed by atoms with Crippen LogP contribution in [-0.4, -0.2) is 9.55 Å². The van der Waals surface area contributed by atoms with E-state index in [2.05, 4.69) is 315 Å². The van der Waals surface area contributed by atoms with Gasteiger partial charge in [0.1, 0.15) is 27.0 Å². The lowest BCUT2D eigenvalue weighted by Crippen LogP contribution is -2.28. The number of benzene rings is 15. The van der Waals surface area contributed by atoms with Crippen LogP contribution < -0.4 is 13.7 Å². The predicted octanol–water partition coefficient (Wildman–Crippen LogP) is 29.4. The zero-order chi connectivity index (χ0) is 98.8. The van der Waals surface area contributed by atoms with Crippen LogP contribution >= 0.6 is 0 Å². The molecular weight excluding hydrogens is 1580 g/mol. The molecule has 0 aliphatic rings. The topological polar surface area (TPSA) is 29.5 Å². The van der Waals surface area contributed by atoms with Crippen LogP contribution in [0.25, 0.3) is 166 Å². The molecule has 0 unspecified atom stereocenters. The Morgan fingerprint density at radius 2 is 0.618 bits per heavy atom. The van der Waals surface area contributed by atoms with Crippen molar-refractivity contribution < 1.29 is 26.0 Å². The van der Waals surface area contributed by atoms with E-state index >= 15 is 0 Å². The number of hydrogen-bond donors (Lipinski definition) is 0.